The average Bonchev–Trinajstić information content (AvgIpc) is 3.10. The monoisotopic (exact) mass is 813 g/mol. The van der Waals surface area contributed by atoms with E-state index >= 15 is 0 Å². The molecule has 1 fully saturated rings. The molecule has 0 unspecified atom stereocenters. The molecule has 0 saturated carbocycles. The second-order valence-corrected chi connectivity index (χ2v) is 13.6. The van der Waals surface area contributed by atoms with Crippen molar-refractivity contribution in [3.05, 3.63) is 0 Å². The van der Waals surface area contributed by atoms with Gasteiger partial charge in [-0.1, -0.05) is 13.8 Å². The quantitative estimate of drug-likeness (QED) is 0.0394. The first kappa shape index (κ1) is 48.9. The van der Waals surface area contributed by atoms with Crippen LogP contribution < -0.4 is 54.4 Å². The molecule has 1 aliphatic rings. The summed E-state index contributed by atoms with van der Waals surface area (Å²) >= 11 is 0. The molecule has 7 atom stereocenters. The number of hydrogen-bond acceptors (Lipinski definition) is 12. The van der Waals surface area contributed by atoms with Crippen molar-refractivity contribution >= 4 is 65.2 Å². The minimum atomic E-state index is -1.84. The Labute approximate surface area is 327 Å². The molecule has 16 N–H and O–H groups in total. The van der Waals surface area contributed by atoms with E-state index in [2.05, 4.69) is 42.2 Å². The summed E-state index contributed by atoms with van der Waals surface area (Å²) in [5, 5.41) is 44.7. The Kier molecular flexibility index (Phi) is 21.0. The van der Waals surface area contributed by atoms with E-state index in [9.17, 15) is 63.3 Å². The number of amides is 7. The van der Waals surface area contributed by atoms with E-state index in [0.717, 1.165) is 6.92 Å². The van der Waals surface area contributed by atoms with Crippen molar-refractivity contribution in [3.8, 4) is 0 Å². The Morgan fingerprint density at radius 2 is 1.00 bits per heavy atom. The van der Waals surface area contributed by atoms with E-state index in [1.807, 2.05) is 0 Å². The van der Waals surface area contributed by atoms with Crippen molar-refractivity contribution in [1.29, 1.82) is 0 Å². The molecule has 24 heteroatoms. The Balaban J connectivity index is 3.85. The highest BCUT2D eigenvalue weighted by Gasteiger charge is 2.36. The lowest BCUT2D eigenvalue weighted by molar-refractivity contribution is -0.142. The minimum Gasteiger partial charge on any atom is -0.481 e. The van der Waals surface area contributed by atoms with Crippen molar-refractivity contribution in [3.63, 3.8) is 0 Å². The van der Waals surface area contributed by atoms with Gasteiger partial charge in [-0.3, -0.25) is 52.9 Å². The molecule has 0 aromatic rings. The number of aliphatic carboxylic acids is 3. The molecular weight excluding hydrogens is 758 g/mol. The topological polar surface area (TPSA) is 406 Å². The van der Waals surface area contributed by atoms with Gasteiger partial charge in [0, 0.05) is 13.0 Å². The number of guanidine groups is 1. The molecule has 24 nitrogen and oxygen atoms in total. The molecule has 7 amide bonds. The van der Waals surface area contributed by atoms with Crippen LogP contribution in [0, 0.1) is 5.92 Å². The molecule has 0 aromatic carbocycles. The standard InChI is InChI=1S/C33H55N11O13/c1-15(2)25-32(57)43-20(13-23(47)48)30(55)38-16(3)26(51)39-19(9-10-22(45)46)28(53)40-17(7-4-5-11-34)27(52)42-21(14-24(49)50)31(56)41-18(29(54)44-25)8-6-12-37-33(35)36/h15-21,25H,4-14,34H2,1-3H3,(H,38,55)(H,39,51)(H,40,53)(H,41,56)(H,42,52)(H,43,57)(H,44,54)(H,45,46)(H,47,48)(H,49,50)(H4,35,36,37)/t16-,17-,18-,19-,20-,21-,25-/m0/s1. The van der Waals surface area contributed by atoms with E-state index in [1.54, 1.807) is 0 Å². The summed E-state index contributed by atoms with van der Waals surface area (Å²) in [6.45, 7) is 4.34. The second kappa shape index (κ2) is 24.4. The van der Waals surface area contributed by atoms with Gasteiger partial charge in [0.2, 0.25) is 41.4 Å². The maximum Gasteiger partial charge on any atom is 0.305 e. The zero-order valence-electron chi connectivity index (χ0n) is 32.0. The maximum absolute atomic E-state index is 13.7. The van der Waals surface area contributed by atoms with Gasteiger partial charge in [-0.25, -0.2) is 0 Å². The number of carbonyl (C=O) groups excluding carboxylic acids is 7. The van der Waals surface area contributed by atoms with Crippen molar-refractivity contribution < 1.29 is 63.3 Å². The van der Waals surface area contributed by atoms with Crippen LogP contribution in [0.2, 0.25) is 0 Å². The molecule has 1 saturated heterocycles. The van der Waals surface area contributed by atoms with Gasteiger partial charge in [-0.05, 0) is 57.9 Å². The Bertz CT molecular complexity index is 1520. The van der Waals surface area contributed by atoms with E-state index in [4.69, 9.17) is 17.2 Å². The smallest absolute Gasteiger partial charge is 0.305 e. The van der Waals surface area contributed by atoms with Crippen LogP contribution in [0.15, 0.2) is 4.99 Å². The minimum absolute atomic E-state index is 0.0230. The fourth-order valence-electron chi connectivity index (χ4n) is 5.38. The Hall–Kier alpha value is -6.07. The number of carboxylic acid groups (broad SMARTS) is 3. The largest absolute Gasteiger partial charge is 0.481 e. The number of hydrogen-bond donors (Lipinski definition) is 13. The van der Waals surface area contributed by atoms with Crippen LogP contribution in [-0.2, 0) is 47.9 Å². The number of unbranched alkanes of at least 4 members (excludes halogenated alkanes) is 1. The highest BCUT2D eigenvalue weighted by molar-refractivity contribution is 5.99. The SMILES string of the molecule is CC(C)[C@@H]1NC(=O)[C@H](CCCN=C(N)N)NC(=O)[C@H](CC(=O)O)NC(=O)[C@H](CCCCN)NC(=O)[C@H](CCC(=O)O)NC(=O)[C@H](C)NC(=O)[C@H](CC(=O)O)NC1=O. The molecule has 1 aliphatic heterocycles. The van der Waals surface area contributed by atoms with Gasteiger partial charge in [0.1, 0.15) is 42.3 Å². The third-order valence-electron chi connectivity index (χ3n) is 8.46. The molecule has 0 aromatic heterocycles. The lowest BCUT2D eigenvalue weighted by Gasteiger charge is -2.28. The summed E-state index contributed by atoms with van der Waals surface area (Å²) in [5.74, 6) is -12.9. The Morgan fingerprint density at radius 1 is 0.579 bits per heavy atom. The number of nitrogens with one attached hydrogen (secondary N) is 7. The van der Waals surface area contributed by atoms with Gasteiger partial charge in [0.05, 0.1) is 12.8 Å². The van der Waals surface area contributed by atoms with Crippen molar-refractivity contribution in [2.75, 3.05) is 13.1 Å². The lowest BCUT2D eigenvalue weighted by atomic mass is 10.0. The van der Waals surface area contributed by atoms with E-state index in [-0.39, 0.29) is 44.7 Å². The molecule has 1 rings (SSSR count). The van der Waals surface area contributed by atoms with E-state index in [1.165, 1.54) is 13.8 Å². The molecule has 0 radical (unpaired) electrons. The van der Waals surface area contributed by atoms with Crippen LogP contribution >= 0.6 is 0 Å². The van der Waals surface area contributed by atoms with Gasteiger partial charge in [0.25, 0.3) is 0 Å². The predicted octanol–water partition coefficient (Wildman–Crippen LogP) is -4.93. The maximum atomic E-state index is 13.7. The van der Waals surface area contributed by atoms with Crippen LogP contribution in [0.1, 0.15) is 78.6 Å². The molecular formula is C33H55N11O13. The number of rotatable bonds is 16. The van der Waals surface area contributed by atoms with Crippen LogP contribution in [0.25, 0.3) is 0 Å². The van der Waals surface area contributed by atoms with Gasteiger partial charge >= 0.3 is 17.9 Å². The number of nitrogens with two attached hydrogens (primary N) is 3. The highest BCUT2D eigenvalue weighted by atomic mass is 16.4. The molecule has 1 heterocycles. The average molecular weight is 814 g/mol. The summed E-state index contributed by atoms with van der Waals surface area (Å²) in [4.78, 5) is 133. The molecule has 320 valence electrons. The fourth-order valence-corrected chi connectivity index (χ4v) is 5.38. The van der Waals surface area contributed by atoms with E-state index < -0.39 is 133 Å². The summed E-state index contributed by atoms with van der Waals surface area (Å²) in [6, 6.07) is -11.2. The third-order valence-corrected chi connectivity index (χ3v) is 8.46. The summed E-state index contributed by atoms with van der Waals surface area (Å²) < 4.78 is 0. The van der Waals surface area contributed by atoms with Crippen LogP contribution in [-0.4, -0.2) is 136 Å². The molecule has 0 spiro atoms. The summed E-state index contributed by atoms with van der Waals surface area (Å²) in [7, 11) is 0. The second-order valence-electron chi connectivity index (χ2n) is 13.6. The van der Waals surface area contributed by atoms with Crippen LogP contribution in [0.3, 0.4) is 0 Å². The predicted molar refractivity (Wildman–Crippen MR) is 198 cm³/mol. The first-order valence-electron chi connectivity index (χ1n) is 18.2. The van der Waals surface area contributed by atoms with Gasteiger partial charge < -0.3 is 69.7 Å². The molecule has 0 aliphatic carbocycles. The fraction of sp³-hybridized carbons (Fsp3) is 0.667. The third kappa shape index (κ3) is 18.4. The first-order valence-corrected chi connectivity index (χ1v) is 18.2. The van der Waals surface area contributed by atoms with Gasteiger partial charge in [-0.15, -0.1) is 0 Å². The summed E-state index contributed by atoms with van der Waals surface area (Å²) in [6.07, 6.45) is -2.76. The first-order chi connectivity index (χ1) is 26.7. The highest BCUT2D eigenvalue weighted by Crippen LogP contribution is 2.10. The number of nitrogens with zero attached hydrogens (tertiary/aromatic N) is 1. The lowest BCUT2D eigenvalue weighted by Crippen LogP contribution is -2.60. The van der Waals surface area contributed by atoms with Gasteiger partial charge in [0.15, 0.2) is 5.96 Å². The van der Waals surface area contributed by atoms with Crippen molar-refractivity contribution in [1.82, 2.24) is 37.2 Å². The van der Waals surface area contributed by atoms with Crippen molar-refractivity contribution in [2.45, 2.75) is 121 Å². The van der Waals surface area contributed by atoms with Crippen LogP contribution in [0.4, 0.5) is 0 Å². The normalized spacial score (nSPS) is 24.6. The number of aliphatic imine (C=N–C) groups is 1. The summed E-state index contributed by atoms with van der Waals surface area (Å²) in [5.41, 5.74) is 16.3. The van der Waals surface area contributed by atoms with E-state index in [0.29, 0.717) is 6.42 Å². The molecule has 0 bridgehead atoms. The number of carboxylic acids is 3. The number of carbonyl (C=O) groups is 10. The zero-order chi connectivity index (χ0) is 43.4. The zero-order valence-corrected chi connectivity index (χ0v) is 32.0. The Morgan fingerprint density at radius 3 is 1.47 bits per heavy atom. The van der Waals surface area contributed by atoms with Crippen LogP contribution in [0.5, 0.6) is 0 Å². The molecule has 57 heavy (non-hydrogen) atoms. The van der Waals surface area contributed by atoms with Gasteiger partial charge in [-0.2, -0.15) is 0 Å². The van der Waals surface area contributed by atoms with Crippen molar-refractivity contribution in [2.24, 2.45) is 28.1 Å².